The molecule has 1 saturated heterocycles. The molecule has 1 aromatic carbocycles. The third-order valence-corrected chi connectivity index (χ3v) is 5.63. The minimum atomic E-state index is -0.153. The van der Waals surface area contributed by atoms with Crippen molar-refractivity contribution in [2.24, 2.45) is 5.92 Å². The number of aryl methyl sites for hydroxylation is 2. The van der Waals surface area contributed by atoms with Crippen LogP contribution in [0.4, 0.5) is 4.39 Å². The number of aromatic nitrogens is 3. The Kier molecular flexibility index (Phi) is 4.74. The van der Waals surface area contributed by atoms with Crippen molar-refractivity contribution >= 4 is 5.91 Å². The lowest BCUT2D eigenvalue weighted by Crippen LogP contribution is -2.31. The van der Waals surface area contributed by atoms with Crippen LogP contribution in [-0.4, -0.2) is 38.7 Å². The fourth-order valence-corrected chi connectivity index (χ4v) is 4.07. The van der Waals surface area contributed by atoms with Crippen LogP contribution in [0.25, 0.3) is 0 Å². The predicted molar refractivity (Wildman–Crippen MR) is 96.4 cm³/mol. The predicted octanol–water partition coefficient (Wildman–Crippen LogP) is 3.16. The van der Waals surface area contributed by atoms with Crippen molar-refractivity contribution < 1.29 is 9.18 Å². The van der Waals surface area contributed by atoms with E-state index in [0.29, 0.717) is 23.9 Å². The fourth-order valence-electron chi connectivity index (χ4n) is 4.07. The van der Waals surface area contributed by atoms with E-state index in [1.807, 2.05) is 21.6 Å². The maximum Gasteiger partial charge on any atom is 0.291 e. The molecular formula is C20H25FN4O. The van der Waals surface area contributed by atoms with E-state index in [4.69, 9.17) is 0 Å². The summed E-state index contributed by atoms with van der Waals surface area (Å²) in [4.78, 5) is 14.8. The van der Waals surface area contributed by atoms with Crippen LogP contribution in [0.15, 0.2) is 18.2 Å². The van der Waals surface area contributed by atoms with Gasteiger partial charge in [0, 0.05) is 26.1 Å². The lowest BCUT2D eigenvalue weighted by atomic mass is 9.98. The first kappa shape index (κ1) is 17.2. The summed E-state index contributed by atoms with van der Waals surface area (Å²) in [5, 5.41) is 8.42. The van der Waals surface area contributed by atoms with Gasteiger partial charge in [0.05, 0.1) is 0 Å². The maximum atomic E-state index is 13.8. The van der Waals surface area contributed by atoms with E-state index in [9.17, 15) is 9.18 Å². The van der Waals surface area contributed by atoms with E-state index in [-0.39, 0.29) is 11.7 Å². The highest BCUT2D eigenvalue weighted by Gasteiger charge is 2.30. The number of carbonyl (C=O) groups excluding carboxylic acids is 1. The molecule has 0 N–H and O–H groups in total. The Labute approximate surface area is 153 Å². The van der Waals surface area contributed by atoms with Gasteiger partial charge in [0.1, 0.15) is 11.6 Å². The van der Waals surface area contributed by atoms with Crippen molar-refractivity contribution in [2.45, 2.75) is 52.0 Å². The zero-order valence-electron chi connectivity index (χ0n) is 15.2. The Morgan fingerprint density at radius 1 is 1.23 bits per heavy atom. The molecule has 26 heavy (non-hydrogen) atoms. The molecule has 138 valence electrons. The molecule has 2 aliphatic heterocycles. The van der Waals surface area contributed by atoms with Crippen molar-refractivity contribution in [3.8, 4) is 0 Å². The smallest absolute Gasteiger partial charge is 0.291 e. The van der Waals surface area contributed by atoms with Crippen LogP contribution in [0, 0.1) is 18.7 Å². The summed E-state index contributed by atoms with van der Waals surface area (Å²) in [5.41, 5.74) is 1.67. The van der Waals surface area contributed by atoms with Gasteiger partial charge in [-0.25, -0.2) is 4.39 Å². The van der Waals surface area contributed by atoms with Crippen molar-refractivity contribution in [1.82, 2.24) is 19.7 Å². The molecule has 1 atom stereocenters. The second kappa shape index (κ2) is 7.17. The second-order valence-electron chi connectivity index (χ2n) is 7.60. The number of hydrogen-bond acceptors (Lipinski definition) is 3. The van der Waals surface area contributed by atoms with Crippen molar-refractivity contribution in [3.63, 3.8) is 0 Å². The van der Waals surface area contributed by atoms with E-state index in [1.54, 1.807) is 13.0 Å². The monoisotopic (exact) mass is 356 g/mol. The average Bonchev–Trinajstić information content (AvgIpc) is 3.19. The molecule has 0 radical (unpaired) electrons. The molecule has 4 rings (SSSR count). The van der Waals surface area contributed by atoms with E-state index in [1.165, 1.54) is 6.42 Å². The maximum absolute atomic E-state index is 13.8. The molecule has 0 saturated carbocycles. The largest absolute Gasteiger partial charge is 0.336 e. The summed E-state index contributed by atoms with van der Waals surface area (Å²) in [7, 11) is 0. The molecule has 5 nitrogen and oxygen atoms in total. The second-order valence-corrected chi connectivity index (χ2v) is 7.60. The van der Waals surface area contributed by atoms with E-state index < -0.39 is 0 Å². The van der Waals surface area contributed by atoms with Crippen LogP contribution in [0.2, 0.25) is 0 Å². The first-order valence-corrected chi connectivity index (χ1v) is 9.58. The summed E-state index contributed by atoms with van der Waals surface area (Å²) in [6.07, 6.45) is 6.02. The van der Waals surface area contributed by atoms with E-state index in [2.05, 4.69) is 10.2 Å². The lowest BCUT2D eigenvalue weighted by Gasteiger charge is -2.17. The number of halogens is 1. The number of fused-ring (bicyclic) bond motifs is 1. The summed E-state index contributed by atoms with van der Waals surface area (Å²) in [5.74, 6) is 1.64. The molecule has 1 aromatic heterocycles. The summed E-state index contributed by atoms with van der Waals surface area (Å²) >= 11 is 0. The third-order valence-electron chi connectivity index (χ3n) is 5.63. The Bertz CT molecular complexity index is 816. The van der Waals surface area contributed by atoms with Crippen molar-refractivity contribution in [2.75, 3.05) is 13.1 Å². The SMILES string of the molecule is Cc1ccc(CC2CCN(C(=O)c3nnc4n3CCCCC4)C2)cc1F. The van der Waals surface area contributed by atoms with Gasteiger partial charge in [-0.2, -0.15) is 0 Å². The van der Waals surface area contributed by atoms with Crippen LogP contribution in [0.5, 0.6) is 0 Å². The van der Waals surface area contributed by atoms with Crippen LogP contribution in [0.1, 0.15) is 53.3 Å². The number of benzene rings is 1. The van der Waals surface area contributed by atoms with Crippen molar-refractivity contribution in [1.29, 1.82) is 0 Å². The van der Waals surface area contributed by atoms with Gasteiger partial charge in [0.25, 0.3) is 5.91 Å². The van der Waals surface area contributed by atoms with Crippen molar-refractivity contribution in [3.05, 3.63) is 46.8 Å². The first-order valence-electron chi connectivity index (χ1n) is 9.58. The Hall–Kier alpha value is -2.24. The first-order chi connectivity index (χ1) is 12.6. The standard InChI is InChI=1S/C20H25FN4O/c1-14-6-7-15(12-17(14)21)11-16-8-10-24(13-16)20(26)19-23-22-18-5-3-2-4-9-25(18)19/h6-7,12,16H,2-5,8-11,13H2,1H3. The van der Waals surface area contributed by atoms with Gasteiger partial charge in [-0.3, -0.25) is 4.79 Å². The van der Waals surface area contributed by atoms with Crippen LogP contribution >= 0.6 is 0 Å². The zero-order chi connectivity index (χ0) is 18.1. The number of hydrogen-bond donors (Lipinski definition) is 0. The molecule has 1 fully saturated rings. The van der Waals surface area contributed by atoms with Gasteiger partial charge < -0.3 is 9.47 Å². The number of amides is 1. The Morgan fingerprint density at radius 3 is 2.96 bits per heavy atom. The number of likely N-dealkylation sites (tertiary alicyclic amines) is 1. The molecule has 1 unspecified atom stereocenters. The minimum absolute atomic E-state index is 0.0109. The third kappa shape index (κ3) is 3.37. The molecular weight excluding hydrogens is 331 g/mol. The molecule has 2 aliphatic rings. The summed E-state index contributed by atoms with van der Waals surface area (Å²) in [6, 6.07) is 5.44. The number of nitrogens with zero attached hydrogens (tertiary/aromatic N) is 4. The fraction of sp³-hybridized carbons (Fsp3) is 0.550. The van der Waals surface area contributed by atoms with Gasteiger partial charge in [-0.15, -0.1) is 10.2 Å². The van der Waals surface area contributed by atoms with Gasteiger partial charge in [-0.05, 0) is 55.7 Å². The molecule has 0 aliphatic carbocycles. The Morgan fingerprint density at radius 2 is 2.12 bits per heavy atom. The van der Waals surface area contributed by atoms with Gasteiger partial charge in [0.2, 0.25) is 5.82 Å². The minimum Gasteiger partial charge on any atom is -0.336 e. The highest BCUT2D eigenvalue weighted by Crippen LogP contribution is 2.24. The quantitative estimate of drug-likeness (QED) is 0.849. The summed E-state index contributed by atoms with van der Waals surface area (Å²) in [6.45, 7) is 4.05. The van der Waals surface area contributed by atoms with E-state index >= 15 is 0 Å². The molecule has 2 aromatic rings. The highest BCUT2D eigenvalue weighted by molar-refractivity contribution is 5.91. The normalized spacial score (nSPS) is 20.1. The lowest BCUT2D eigenvalue weighted by molar-refractivity contribution is 0.0769. The summed E-state index contributed by atoms with van der Waals surface area (Å²) < 4.78 is 15.8. The molecule has 0 spiro atoms. The Balaban J connectivity index is 1.43. The van der Waals surface area contributed by atoms with Gasteiger partial charge in [0.15, 0.2) is 0 Å². The molecule has 0 bridgehead atoms. The molecule has 3 heterocycles. The van der Waals surface area contributed by atoms with Gasteiger partial charge >= 0.3 is 0 Å². The topological polar surface area (TPSA) is 51.0 Å². The number of carbonyl (C=O) groups is 1. The van der Waals surface area contributed by atoms with E-state index in [0.717, 1.165) is 56.6 Å². The van der Waals surface area contributed by atoms with Gasteiger partial charge in [-0.1, -0.05) is 18.6 Å². The van der Waals surface area contributed by atoms with Crippen LogP contribution < -0.4 is 0 Å². The average molecular weight is 356 g/mol. The zero-order valence-corrected chi connectivity index (χ0v) is 15.2. The van der Waals surface area contributed by atoms with Crippen LogP contribution in [-0.2, 0) is 19.4 Å². The molecule has 1 amide bonds. The number of rotatable bonds is 3. The van der Waals surface area contributed by atoms with Crippen LogP contribution in [0.3, 0.4) is 0 Å². The highest BCUT2D eigenvalue weighted by atomic mass is 19.1. The molecule has 6 heteroatoms.